The van der Waals surface area contributed by atoms with Crippen molar-refractivity contribution in [3.63, 3.8) is 0 Å². The lowest BCUT2D eigenvalue weighted by Crippen LogP contribution is -2.45. The number of rotatable bonds is 8. The number of hydrogen-bond donors (Lipinski definition) is 1. The van der Waals surface area contributed by atoms with E-state index in [9.17, 15) is 9.59 Å². The molecule has 4 aromatic rings. The van der Waals surface area contributed by atoms with Crippen molar-refractivity contribution in [2.75, 3.05) is 11.9 Å². The Morgan fingerprint density at radius 2 is 1.88 bits per heavy atom. The zero-order chi connectivity index (χ0) is 28.3. The maximum Gasteiger partial charge on any atom is 0.355 e. The summed E-state index contributed by atoms with van der Waals surface area (Å²) in [6.07, 6.45) is 1.02. The Morgan fingerprint density at radius 1 is 1.12 bits per heavy atom. The molecule has 3 heterocycles. The molecule has 0 spiro atoms. The number of nitriles is 1. The van der Waals surface area contributed by atoms with E-state index in [-0.39, 0.29) is 31.5 Å². The van der Waals surface area contributed by atoms with Crippen LogP contribution in [0.5, 0.6) is 11.6 Å². The summed E-state index contributed by atoms with van der Waals surface area (Å²) in [6, 6.07) is 19.0. The van der Waals surface area contributed by atoms with Gasteiger partial charge in [0.2, 0.25) is 11.8 Å². The first-order valence-electron chi connectivity index (χ1n) is 12.4. The Bertz CT molecular complexity index is 1680. The fourth-order valence-corrected chi connectivity index (χ4v) is 4.27. The number of pyridine rings is 1. The number of nitrogens with one attached hydrogen (secondary N) is 1. The lowest BCUT2D eigenvalue weighted by atomic mass is 10.2. The second-order valence-corrected chi connectivity index (χ2v) is 9.96. The van der Waals surface area contributed by atoms with E-state index in [2.05, 4.69) is 15.3 Å². The SMILES string of the molecule is CC1(C)OC[C@H](Cn2c(=O)nc(Nc3ccc(Oc4cc(C#N)ccn4)cc3)n(Cc3ccc(Cl)cc3)c2=O)O1. The summed E-state index contributed by atoms with van der Waals surface area (Å²) >= 11 is 6.03. The van der Waals surface area contributed by atoms with Gasteiger partial charge < -0.3 is 19.5 Å². The number of benzene rings is 2. The summed E-state index contributed by atoms with van der Waals surface area (Å²) in [5, 5.41) is 12.7. The second-order valence-electron chi connectivity index (χ2n) is 9.52. The normalized spacial score (nSPS) is 15.9. The van der Waals surface area contributed by atoms with E-state index in [4.69, 9.17) is 31.1 Å². The van der Waals surface area contributed by atoms with Crippen molar-refractivity contribution in [2.24, 2.45) is 0 Å². The fraction of sp³-hybridized carbons (Fsp3) is 0.250. The van der Waals surface area contributed by atoms with Crippen LogP contribution < -0.4 is 21.4 Å². The molecule has 0 unspecified atom stereocenters. The molecule has 0 saturated carbocycles. The standard InChI is InChI=1S/C28H25ClN6O5/c1-28(2)38-17-23(40-28)16-35-26(36)33-25(34(27(35)37)15-18-3-5-20(29)6-4-18)32-21-7-9-22(10-8-21)39-24-13-19(14-30)11-12-31-24/h3-13,23H,15-17H2,1-2H3,(H,32,33,36)/t23-/m0/s1. The van der Waals surface area contributed by atoms with Crippen LogP contribution in [0.2, 0.25) is 5.02 Å². The molecule has 0 radical (unpaired) electrons. The minimum Gasteiger partial charge on any atom is -0.439 e. The zero-order valence-corrected chi connectivity index (χ0v) is 22.5. The molecule has 1 saturated heterocycles. The van der Waals surface area contributed by atoms with Crippen LogP contribution >= 0.6 is 11.6 Å². The Labute approximate surface area is 234 Å². The van der Waals surface area contributed by atoms with Crippen LogP contribution in [0, 0.1) is 11.3 Å². The lowest BCUT2D eigenvalue weighted by molar-refractivity contribution is -0.139. The molecule has 0 amide bonds. The largest absolute Gasteiger partial charge is 0.439 e. The molecule has 0 bridgehead atoms. The molecular formula is C28H25ClN6O5. The zero-order valence-electron chi connectivity index (χ0n) is 21.7. The van der Waals surface area contributed by atoms with Gasteiger partial charge in [-0.3, -0.25) is 4.57 Å². The van der Waals surface area contributed by atoms with Crippen LogP contribution in [0.3, 0.4) is 0 Å². The Balaban J connectivity index is 1.43. The molecule has 40 heavy (non-hydrogen) atoms. The van der Waals surface area contributed by atoms with Gasteiger partial charge in [0.1, 0.15) is 11.9 Å². The third-order valence-corrected chi connectivity index (χ3v) is 6.31. The maximum atomic E-state index is 13.6. The van der Waals surface area contributed by atoms with Gasteiger partial charge in [-0.05, 0) is 61.9 Å². The van der Waals surface area contributed by atoms with E-state index in [1.165, 1.54) is 16.8 Å². The van der Waals surface area contributed by atoms with Gasteiger partial charge in [0.15, 0.2) is 5.79 Å². The molecular weight excluding hydrogens is 536 g/mol. The van der Waals surface area contributed by atoms with Crippen molar-refractivity contribution < 1.29 is 14.2 Å². The van der Waals surface area contributed by atoms with E-state index in [0.29, 0.717) is 22.0 Å². The number of nitrogens with zero attached hydrogens (tertiary/aromatic N) is 5. The third-order valence-electron chi connectivity index (χ3n) is 6.05. The van der Waals surface area contributed by atoms with Gasteiger partial charge >= 0.3 is 11.4 Å². The minimum absolute atomic E-state index is 0.00205. The van der Waals surface area contributed by atoms with Crippen molar-refractivity contribution >= 4 is 23.2 Å². The topological polar surface area (TPSA) is 133 Å². The van der Waals surface area contributed by atoms with Gasteiger partial charge in [-0.2, -0.15) is 10.2 Å². The molecule has 1 fully saturated rings. The molecule has 11 nitrogen and oxygen atoms in total. The van der Waals surface area contributed by atoms with E-state index in [0.717, 1.165) is 10.1 Å². The van der Waals surface area contributed by atoms with Crippen molar-refractivity contribution in [3.05, 3.63) is 104 Å². The van der Waals surface area contributed by atoms with Gasteiger partial charge in [-0.1, -0.05) is 23.7 Å². The first-order chi connectivity index (χ1) is 19.2. The number of anilines is 2. The highest BCUT2D eigenvalue weighted by Gasteiger charge is 2.33. The number of ether oxygens (including phenoxy) is 3. The quantitative estimate of drug-likeness (QED) is 0.338. The Kier molecular flexibility index (Phi) is 7.66. The first-order valence-corrected chi connectivity index (χ1v) is 12.8. The van der Waals surface area contributed by atoms with Crippen molar-refractivity contribution in [2.45, 2.75) is 38.8 Å². The average molecular weight is 561 g/mol. The summed E-state index contributed by atoms with van der Waals surface area (Å²) in [7, 11) is 0. The molecule has 12 heteroatoms. The highest BCUT2D eigenvalue weighted by atomic mass is 35.5. The predicted octanol–water partition coefficient (Wildman–Crippen LogP) is 4.06. The third kappa shape index (κ3) is 6.38. The van der Waals surface area contributed by atoms with Crippen LogP contribution in [-0.2, 0) is 22.6 Å². The number of hydrogen-bond acceptors (Lipinski definition) is 9. The Hall–Kier alpha value is -4.50. The van der Waals surface area contributed by atoms with Crippen LogP contribution in [0.25, 0.3) is 0 Å². The van der Waals surface area contributed by atoms with Gasteiger partial charge in [-0.25, -0.2) is 19.1 Å². The molecule has 2 aromatic heterocycles. The second kappa shape index (κ2) is 11.3. The molecule has 0 aliphatic carbocycles. The van der Waals surface area contributed by atoms with E-state index >= 15 is 0 Å². The number of halogens is 1. The smallest absolute Gasteiger partial charge is 0.355 e. The van der Waals surface area contributed by atoms with Gasteiger partial charge in [0.05, 0.1) is 31.3 Å². The van der Waals surface area contributed by atoms with Crippen LogP contribution in [-0.4, -0.2) is 37.6 Å². The highest BCUT2D eigenvalue weighted by Crippen LogP contribution is 2.24. The van der Waals surface area contributed by atoms with Crippen LogP contribution in [0.15, 0.2) is 76.4 Å². The number of aromatic nitrogens is 4. The van der Waals surface area contributed by atoms with Crippen LogP contribution in [0.4, 0.5) is 11.6 Å². The van der Waals surface area contributed by atoms with Crippen molar-refractivity contribution in [3.8, 4) is 17.7 Å². The summed E-state index contributed by atoms with van der Waals surface area (Å²) < 4.78 is 19.5. The van der Waals surface area contributed by atoms with E-state index in [1.807, 2.05) is 6.07 Å². The highest BCUT2D eigenvalue weighted by molar-refractivity contribution is 6.30. The fourth-order valence-electron chi connectivity index (χ4n) is 4.14. The van der Waals surface area contributed by atoms with Crippen molar-refractivity contribution in [1.82, 2.24) is 19.1 Å². The summed E-state index contributed by atoms with van der Waals surface area (Å²) in [5.74, 6) is 0.0384. The lowest BCUT2D eigenvalue weighted by Gasteiger charge is -2.19. The van der Waals surface area contributed by atoms with Gasteiger partial charge in [0.25, 0.3) is 0 Å². The maximum absolute atomic E-state index is 13.6. The molecule has 2 aromatic carbocycles. The monoisotopic (exact) mass is 560 g/mol. The summed E-state index contributed by atoms with van der Waals surface area (Å²) in [5.41, 5.74) is 0.525. The van der Waals surface area contributed by atoms with E-state index in [1.54, 1.807) is 68.4 Å². The van der Waals surface area contributed by atoms with E-state index < -0.39 is 23.3 Å². The molecule has 1 atom stereocenters. The molecule has 1 aliphatic heterocycles. The van der Waals surface area contributed by atoms with Crippen molar-refractivity contribution in [1.29, 1.82) is 5.26 Å². The molecule has 1 N–H and O–H groups in total. The molecule has 204 valence electrons. The van der Waals surface area contributed by atoms with Crippen LogP contribution in [0.1, 0.15) is 25.0 Å². The molecule has 5 rings (SSSR count). The summed E-state index contributed by atoms with van der Waals surface area (Å²) in [6.45, 7) is 3.94. The predicted molar refractivity (Wildman–Crippen MR) is 147 cm³/mol. The minimum atomic E-state index is -0.796. The van der Waals surface area contributed by atoms with Gasteiger partial charge in [-0.15, -0.1) is 0 Å². The van der Waals surface area contributed by atoms with Gasteiger partial charge in [0, 0.05) is 23.0 Å². The first kappa shape index (κ1) is 27.1. The average Bonchev–Trinajstić information content (AvgIpc) is 3.29. The molecule has 1 aliphatic rings. The summed E-state index contributed by atoms with van der Waals surface area (Å²) in [4.78, 5) is 34.9. The Morgan fingerprint density at radius 3 is 2.55 bits per heavy atom.